The van der Waals surface area contributed by atoms with E-state index in [1.165, 1.54) is 7.11 Å². The minimum absolute atomic E-state index is 0.00788. The third kappa shape index (κ3) is 7.83. The molecule has 1 aliphatic rings. The second-order valence-electron chi connectivity index (χ2n) is 8.06. The van der Waals surface area contributed by atoms with Crippen molar-refractivity contribution in [2.75, 3.05) is 20.3 Å². The van der Waals surface area contributed by atoms with E-state index < -0.39 is 24.2 Å². The molecule has 36 heavy (non-hydrogen) atoms. The maximum Gasteiger partial charge on any atom is 0.407 e. The smallest absolute Gasteiger partial charge is 0.407 e. The number of hydrogen-bond donors (Lipinski definition) is 4. The maximum atomic E-state index is 12.4. The van der Waals surface area contributed by atoms with Gasteiger partial charge in [-0.2, -0.15) is 0 Å². The Morgan fingerprint density at radius 3 is 2.56 bits per heavy atom. The highest BCUT2D eigenvalue weighted by Crippen LogP contribution is 2.19. The van der Waals surface area contributed by atoms with Gasteiger partial charge in [0.2, 0.25) is 5.91 Å². The van der Waals surface area contributed by atoms with E-state index in [-0.39, 0.29) is 31.3 Å². The number of benzene rings is 2. The number of amides is 2. The predicted molar refractivity (Wildman–Crippen MR) is 132 cm³/mol. The van der Waals surface area contributed by atoms with Gasteiger partial charge in [-0.15, -0.1) is 0 Å². The fourth-order valence-corrected chi connectivity index (χ4v) is 3.47. The van der Waals surface area contributed by atoms with Gasteiger partial charge in [0.1, 0.15) is 18.0 Å². The Balaban J connectivity index is 1.41. The first kappa shape index (κ1) is 26.2. The van der Waals surface area contributed by atoms with Crippen molar-refractivity contribution in [3.8, 4) is 0 Å². The number of esters is 1. The van der Waals surface area contributed by atoms with Crippen LogP contribution >= 0.6 is 0 Å². The van der Waals surface area contributed by atoms with Crippen LogP contribution in [0.5, 0.6) is 0 Å². The fourth-order valence-electron chi connectivity index (χ4n) is 3.47. The molecule has 3 rings (SSSR count). The molecule has 1 aliphatic heterocycles. The zero-order valence-corrected chi connectivity index (χ0v) is 19.9. The number of nitrogens with zero attached hydrogens (tertiary/aromatic N) is 1. The molecule has 2 atom stereocenters. The molecule has 0 bridgehead atoms. The van der Waals surface area contributed by atoms with E-state index in [1.54, 1.807) is 24.3 Å². The summed E-state index contributed by atoms with van der Waals surface area (Å²) in [4.78, 5) is 42.0. The first-order valence-corrected chi connectivity index (χ1v) is 11.3. The molecule has 0 radical (unpaired) electrons. The average Bonchev–Trinajstić information content (AvgIpc) is 3.35. The van der Waals surface area contributed by atoms with Gasteiger partial charge in [0.05, 0.1) is 25.8 Å². The largest absolute Gasteiger partial charge is 0.467 e. The van der Waals surface area contributed by atoms with Gasteiger partial charge in [0.15, 0.2) is 0 Å². The van der Waals surface area contributed by atoms with Crippen molar-refractivity contribution in [1.29, 1.82) is 5.41 Å². The van der Waals surface area contributed by atoms with Crippen molar-refractivity contribution in [2.24, 2.45) is 10.9 Å². The fraction of sp³-hybridized carbons (Fsp3) is 0.320. The standard InChI is InChI=1S/C25H29N5O6/c1-34-24(32)21(29-25(33)35-12-11-16-5-3-2-4-6-16)15-28-22(31)14-19-13-20(30-36-19)17-7-9-18(10-8-17)23(26)27/h2-10,19,21H,11-15H2,1H3,(H3,26,27)(H,28,31)(H,29,33)/t19?,21-/m0/s1. The van der Waals surface area contributed by atoms with E-state index in [0.717, 1.165) is 11.1 Å². The lowest BCUT2D eigenvalue weighted by atomic mass is 10.0. The third-order valence-corrected chi connectivity index (χ3v) is 5.42. The molecule has 1 unspecified atom stereocenters. The van der Waals surface area contributed by atoms with Gasteiger partial charge in [-0.3, -0.25) is 10.2 Å². The van der Waals surface area contributed by atoms with Crippen LogP contribution in [0.1, 0.15) is 29.5 Å². The minimum atomic E-state index is -1.11. The molecular formula is C25H29N5O6. The molecule has 0 saturated carbocycles. The third-order valence-electron chi connectivity index (χ3n) is 5.42. The van der Waals surface area contributed by atoms with Crippen LogP contribution in [0.3, 0.4) is 0 Å². The molecule has 11 heteroatoms. The van der Waals surface area contributed by atoms with Crippen molar-refractivity contribution >= 4 is 29.5 Å². The Hall–Kier alpha value is -4.41. The molecule has 1 heterocycles. The van der Waals surface area contributed by atoms with Crippen LogP contribution in [0.25, 0.3) is 0 Å². The number of carbonyl (C=O) groups excluding carboxylic acids is 3. The van der Waals surface area contributed by atoms with E-state index in [1.807, 2.05) is 30.3 Å². The van der Waals surface area contributed by atoms with Crippen LogP contribution < -0.4 is 16.4 Å². The molecule has 0 aliphatic carbocycles. The summed E-state index contributed by atoms with van der Waals surface area (Å²) in [6.45, 7) is -0.0405. The predicted octanol–water partition coefficient (Wildman–Crippen LogP) is 1.48. The van der Waals surface area contributed by atoms with Gasteiger partial charge >= 0.3 is 12.1 Å². The number of amidine groups is 1. The summed E-state index contributed by atoms with van der Waals surface area (Å²) in [7, 11) is 1.19. The maximum absolute atomic E-state index is 12.4. The average molecular weight is 496 g/mol. The Kier molecular flexibility index (Phi) is 9.38. The lowest BCUT2D eigenvalue weighted by molar-refractivity contribution is -0.143. The van der Waals surface area contributed by atoms with Crippen LogP contribution in [0, 0.1) is 5.41 Å². The van der Waals surface area contributed by atoms with Gasteiger partial charge in [-0.25, -0.2) is 9.59 Å². The van der Waals surface area contributed by atoms with Crippen LogP contribution in [0.2, 0.25) is 0 Å². The number of nitrogens with two attached hydrogens (primary N) is 1. The molecule has 2 aromatic carbocycles. The number of ether oxygens (including phenoxy) is 2. The normalized spacial score (nSPS) is 15.1. The van der Waals surface area contributed by atoms with Gasteiger partial charge in [0.25, 0.3) is 0 Å². The van der Waals surface area contributed by atoms with Crippen LogP contribution in [-0.2, 0) is 30.3 Å². The Morgan fingerprint density at radius 1 is 1.17 bits per heavy atom. The zero-order valence-electron chi connectivity index (χ0n) is 19.9. The van der Waals surface area contributed by atoms with Crippen molar-refractivity contribution in [1.82, 2.24) is 10.6 Å². The summed E-state index contributed by atoms with van der Waals surface area (Å²) in [6, 6.07) is 15.4. The Labute approximate surface area is 208 Å². The summed E-state index contributed by atoms with van der Waals surface area (Å²) in [6.07, 6.45) is -0.309. The highest BCUT2D eigenvalue weighted by molar-refractivity contribution is 6.02. The summed E-state index contributed by atoms with van der Waals surface area (Å²) < 4.78 is 9.85. The SMILES string of the molecule is COC(=O)[C@H](CNC(=O)CC1CC(c2ccc(C(=N)N)cc2)=NO1)NC(=O)OCCc1ccccc1. The highest BCUT2D eigenvalue weighted by atomic mass is 16.6. The van der Waals surface area contributed by atoms with Crippen molar-refractivity contribution in [3.63, 3.8) is 0 Å². The van der Waals surface area contributed by atoms with E-state index in [2.05, 4.69) is 15.8 Å². The van der Waals surface area contributed by atoms with E-state index in [4.69, 9.17) is 25.5 Å². The monoisotopic (exact) mass is 495 g/mol. The van der Waals surface area contributed by atoms with Crippen LogP contribution in [-0.4, -0.2) is 61.9 Å². The van der Waals surface area contributed by atoms with Gasteiger partial charge in [-0.05, 0) is 11.1 Å². The molecule has 5 N–H and O–H groups in total. The molecule has 190 valence electrons. The topological polar surface area (TPSA) is 165 Å². The second kappa shape index (κ2) is 12.9. The van der Waals surface area contributed by atoms with E-state index >= 15 is 0 Å². The number of nitrogen functional groups attached to an aromatic ring is 1. The van der Waals surface area contributed by atoms with Gasteiger partial charge < -0.3 is 30.7 Å². The van der Waals surface area contributed by atoms with Crippen molar-refractivity contribution < 1.29 is 28.7 Å². The van der Waals surface area contributed by atoms with Crippen LogP contribution in [0.4, 0.5) is 4.79 Å². The number of nitrogens with one attached hydrogen (secondary N) is 3. The minimum Gasteiger partial charge on any atom is -0.467 e. The number of carbonyl (C=O) groups is 3. The zero-order chi connectivity index (χ0) is 25.9. The molecule has 2 amide bonds. The first-order valence-electron chi connectivity index (χ1n) is 11.3. The molecule has 2 aromatic rings. The summed E-state index contributed by atoms with van der Waals surface area (Å²) in [5.41, 5.74) is 8.56. The number of methoxy groups -OCH3 is 1. The lowest BCUT2D eigenvalue weighted by Gasteiger charge is -2.17. The van der Waals surface area contributed by atoms with Crippen molar-refractivity contribution in [3.05, 3.63) is 71.3 Å². The summed E-state index contributed by atoms with van der Waals surface area (Å²) in [5, 5.41) is 16.5. The van der Waals surface area contributed by atoms with E-state index in [0.29, 0.717) is 24.1 Å². The van der Waals surface area contributed by atoms with Crippen LogP contribution in [0.15, 0.2) is 59.8 Å². The van der Waals surface area contributed by atoms with E-state index in [9.17, 15) is 14.4 Å². The molecular weight excluding hydrogens is 466 g/mol. The number of alkyl carbamates (subject to hydrolysis) is 1. The molecule has 11 nitrogen and oxygen atoms in total. The number of hydrogen-bond acceptors (Lipinski definition) is 8. The Morgan fingerprint density at radius 2 is 1.89 bits per heavy atom. The second-order valence-corrected chi connectivity index (χ2v) is 8.06. The highest BCUT2D eigenvalue weighted by Gasteiger charge is 2.27. The first-order chi connectivity index (χ1) is 17.4. The number of oxime groups is 1. The molecule has 0 saturated heterocycles. The number of rotatable bonds is 11. The molecule has 0 aromatic heterocycles. The Bertz CT molecular complexity index is 1100. The summed E-state index contributed by atoms with van der Waals surface area (Å²) in [5.74, 6) is -1.12. The van der Waals surface area contributed by atoms with Crippen molar-refractivity contribution in [2.45, 2.75) is 31.4 Å². The summed E-state index contributed by atoms with van der Waals surface area (Å²) >= 11 is 0. The molecule has 0 fully saturated rings. The van der Waals surface area contributed by atoms with Gasteiger partial charge in [0, 0.05) is 24.9 Å². The lowest BCUT2D eigenvalue weighted by Crippen LogP contribution is -2.49. The van der Waals surface area contributed by atoms with Gasteiger partial charge in [-0.1, -0.05) is 59.8 Å². The quantitative estimate of drug-likeness (QED) is 0.208. The molecule has 0 spiro atoms.